The van der Waals surface area contributed by atoms with Crippen LogP contribution in [0.5, 0.6) is 0 Å². The van der Waals surface area contributed by atoms with Crippen LogP contribution in [0.1, 0.15) is 329 Å². The lowest BCUT2D eigenvalue weighted by atomic mass is 10.0. The van der Waals surface area contributed by atoms with Crippen LogP contribution in [-0.4, -0.2) is 165 Å². The molecule has 0 rings (SSSR count). The first-order valence-electron chi connectivity index (χ1n) is 36.9. The molecular formula is C71H145N4O12Si+. The Morgan fingerprint density at radius 2 is 0.500 bits per heavy atom. The molecule has 0 unspecified atom stereocenters. The summed E-state index contributed by atoms with van der Waals surface area (Å²) >= 11 is 0. The lowest BCUT2D eigenvalue weighted by molar-refractivity contribution is -0.890. The predicted octanol–water partition coefficient (Wildman–Crippen LogP) is 14.0. The van der Waals surface area contributed by atoms with E-state index < -0.39 is 84.9 Å². The van der Waals surface area contributed by atoms with Gasteiger partial charge >= 0.3 is 8.80 Å². The van der Waals surface area contributed by atoms with E-state index in [4.69, 9.17) is 13.3 Å². The number of rotatable bonds is 69. The molecule has 0 fully saturated rings. The lowest BCUT2D eigenvalue weighted by Crippen LogP contribution is -2.64. The molecule has 88 heavy (non-hydrogen) atoms. The summed E-state index contributed by atoms with van der Waals surface area (Å²) in [7, 11) is 0.00753. The Bertz CT molecular complexity index is 1440. The minimum atomic E-state index is -4.34. The number of carbonyl (C=O) groups excluding carboxylic acids is 3. The highest BCUT2D eigenvalue weighted by Gasteiger charge is 2.49. The topological polar surface area (TPSA) is 236 Å². The zero-order chi connectivity index (χ0) is 65.2. The fourth-order valence-electron chi connectivity index (χ4n) is 11.6. The summed E-state index contributed by atoms with van der Waals surface area (Å²) in [5.41, 5.74) is -5.06. The van der Waals surface area contributed by atoms with E-state index in [-0.39, 0.29) is 43.0 Å². The van der Waals surface area contributed by atoms with Crippen molar-refractivity contribution < 1.29 is 62.8 Å². The first kappa shape index (κ1) is 86.2. The molecule has 0 aromatic heterocycles. The van der Waals surface area contributed by atoms with Gasteiger partial charge < -0.3 is 64.4 Å². The number of nitrogens with one attached hydrogen (secondary N) is 3. The highest BCUT2D eigenvalue weighted by Crippen LogP contribution is 2.27. The number of quaternary nitrogens is 1. The van der Waals surface area contributed by atoms with Gasteiger partial charge in [0, 0.05) is 31.7 Å². The van der Waals surface area contributed by atoms with E-state index in [9.17, 15) is 45.0 Å². The second-order valence-electron chi connectivity index (χ2n) is 27.5. The number of aliphatic hydroxyl groups is 6. The van der Waals surface area contributed by atoms with Crippen LogP contribution < -0.4 is 16.0 Å². The highest BCUT2D eigenvalue weighted by molar-refractivity contribution is 6.60. The zero-order valence-electron chi connectivity index (χ0n) is 58.3. The van der Waals surface area contributed by atoms with Crippen LogP contribution in [0, 0.1) is 0 Å². The summed E-state index contributed by atoms with van der Waals surface area (Å²) in [5.74, 6) is -1.08. The van der Waals surface area contributed by atoms with Crippen molar-refractivity contribution in [1.29, 1.82) is 0 Å². The number of amides is 3. The third-order valence-electron chi connectivity index (χ3n) is 18.1. The van der Waals surface area contributed by atoms with Gasteiger partial charge in [0.15, 0.2) is 0 Å². The van der Waals surface area contributed by atoms with Gasteiger partial charge in [0.1, 0.15) is 16.6 Å². The van der Waals surface area contributed by atoms with Crippen LogP contribution in [0.25, 0.3) is 0 Å². The molecule has 0 aromatic carbocycles. The van der Waals surface area contributed by atoms with Crippen LogP contribution >= 0.6 is 0 Å². The van der Waals surface area contributed by atoms with Gasteiger partial charge in [-0.15, -0.1) is 0 Å². The highest BCUT2D eigenvalue weighted by atomic mass is 28.4. The molecule has 0 heterocycles. The normalized spacial score (nSPS) is 12.5. The van der Waals surface area contributed by atoms with Crippen LogP contribution in [0.3, 0.4) is 0 Å². The second-order valence-corrected chi connectivity index (χ2v) is 30.2. The molecule has 0 aliphatic heterocycles. The molecule has 3 amide bonds. The van der Waals surface area contributed by atoms with E-state index >= 15 is 0 Å². The molecule has 0 spiro atoms. The lowest BCUT2D eigenvalue weighted by Gasteiger charge is -2.41. The smallest absolute Gasteiger partial charge is 0.394 e. The van der Waals surface area contributed by atoms with Crippen LogP contribution in [0.2, 0.25) is 6.04 Å². The third-order valence-corrected chi connectivity index (χ3v) is 20.8. The summed E-state index contributed by atoms with van der Waals surface area (Å²) in [5, 5.41) is 74.8. The van der Waals surface area contributed by atoms with Crippen molar-refractivity contribution in [3.63, 3.8) is 0 Å². The van der Waals surface area contributed by atoms with Gasteiger partial charge in [-0.3, -0.25) is 14.4 Å². The van der Waals surface area contributed by atoms with E-state index in [1.54, 1.807) is 0 Å². The number of carbonyl (C=O) groups is 3. The molecule has 0 aliphatic carbocycles. The van der Waals surface area contributed by atoms with Crippen LogP contribution in [-0.2, 0) is 27.7 Å². The van der Waals surface area contributed by atoms with Gasteiger partial charge in [-0.1, -0.05) is 272 Å². The molecule has 16 nitrogen and oxygen atoms in total. The largest absolute Gasteiger partial charge is 0.501 e. The van der Waals surface area contributed by atoms with Crippen molar-refractivity contribution >= 4 is 26.5 Å². The molecule has 17 heteroatoms. The maximum Gasteiger partial charge on any atom is 0.501 e. The Labute approximate surface area is 541 Å². The summed E-state index contributed by atoms with van der Waals surface area (Å²) in [6, 6.07) is 0.117. The molecule has 0 saturated heterocycles. The van der Waals surface area contributed by atoms with Crippen molar-refractivity contribution in [2.45, 2.75) is 352 Å². The molecule has 0 aromatic rings. The van der Waals surface area contributed by atoms with Crippen molar-refractivity contribution in [2.75, 3.05) is 86.6 Å². The average molecular weight is 1280 g/mol. The first-order chi connectivity index (χ1) is 42.6. The van der Waals surface area contributed by atoms with E-state index in [1.165, 1.54) is 186 Å². The molecule has 0 bridgehead atoms. The predicted molar refractivity (Wildman–Crippen MR) is 365 cm³/mol. The van der Waals surface area contributed by atoms with Gasteiger partial charge in [0.25, 0.3) is 0 Å². The standard InChI is InChI=1S/C71H144N4O12Si/c1-7-11-15-19-23-27-31-34-38-42-46-51-66(82)72-69(57-76,58-77)63-85-88(56-50-55-75(5,6)54-49-45-41-37-30-26-22-18-14-10-4,86-64-70(59-78,60-79)73-67(83)52-47-43-39-35-32-28-24-20-16-12-8-2)87-65-71(61-80,62-81)74-68(84)53-48-44-40-36-33-29-25-21-17-13-9-3/h76-81H,7-65H2,1-6H3,(H2-,72,73,74,82,83,84)/p+1. The Morgan fingerprint density at radius 3 is 0.716 bits per heavy atom. The minimum Gasteiger partial charge on any atom is -0.394 e. The van der Waals surface area contributed by atoms with E-state index in [1.807, 2.05) is 0 Å². The summed E-state index contributed by atoms with van der Waals surface area (Å²) < 4.78 is 21.2. The molecule has 0 saturated carbocycles. The van der Waals surface area contributed by atoms with Crippen molar-refractivity contribution in [3.8, 4) is 0 Å². The van der Waals surface area contributed by atoms with E-state index in [0.29, 0.717) is 36.7 Å². The van der Waals surface area contributed by atoms with Gasteiger partial charge in [-0.2, -0.15) is 0 Å². The first-order valence-corrected chi connectivity index (χ1v) is 38.9. The number of hydrogen-bond donors (Lipinski definition) is 9. The fraction of sp³-hybridized carbons (Fsp3) is 0.958. The Kier molecular flexibility index (Phi) is 56.7. The maximum atomic E-state index is 13.7. The minimum absolute atomic E-state index is 0.117. The summed E-state index contributed by atoms with van der Waals surface area (Å²) in [4.78, 5) is 41.0. The maximum absolute atomic E-state index is 13.7. The number of aliphatic hydroxyl groups excluding tert-OH is 6. The molecule has 0 aliphatic rings. The molecule has 0 radical (unpaired) electrons. The van der Waals surface area contributed by atoms with Crippen molar-refractivity contribution in [1.82, 2.24) is 16.0 Å². The Hall–Kier alpha value is -1.77. The van der Waals surface area contributed by atoms with Gasteiger partial charge in [-0.05, 0) is 32.1 Å². The molecular weight excluding hydrogens is 1130 g/mol. The van der Waals surface area contributed by atoms with Crippen LogP contribution in [0.4, 0.5) is 0 Å². The van der Waals surface area contributed by atoms with Crippen LogP contribution in [0.15, 0.2) is 0 Å². The number of unbranched alkanes of at least 4 members (excludes halogenated alkanes) is 39. The zero-order valence-corrected chi connectivity index (χ0v) is 59.3. The third kappa shape index (κ3) is 46.3. The monoisotopic (exact) mass is 1270 g/mol. The van der Waals surface area contributed by atoms with Gasteiger partial charge in [0.05, 0.1) is 86.6 Å². The fourth-order valence-corrected chi connectivity index (χ4v) is 14.4. The van der Waals surface area contributed by atoms with Crippen molar-refractivity contribution in [2.24, 2.45) is 0 Å². The molecule has 524 valence electrons. The summed E-state index contributed by atoms with van der Waals surface area (Å²) in [6.07, 6.45) is 50.5. The summed E-state index contributed by atoms with van der Waals surface area (Å²) in [6.45, 7) is 4.91. The number of hydrogen-bond acceptors (Lipinski definition) is 12. The van der Waals surface area contributed by atoms with Gasteiger partial charge in [0.2, 0.25) is 17.7 Å². The molecule has 0 atom stereocenters. The molecule has 9 N–H and O–H groups in total. The van der Waals surface area contributed by atoms with Crippen molar-refractivity contribution in [3.05, 3.63) is 0 Å². The Morgan fingerprint density at radius 1 is 0.307 bits per heavy atom. The van der Waals surface area contributed by atoms with E-state index in [2.05, 4.69) is 57.7 Å². The second kappa shape index (κ2) is 57.9. The average Bonchev–Trinajstić information content (AvgIpc) is 1.37. The Balaban J connectivity index is 6.78. The van der Waals surface area contributed by atoms with E-state index in [0.717, 1.165) is 77.2 Å². The SMILES string of the molecule is CCCCCCCCCCCCCC(=O)NC(CO)(CO)CO[Si](CCC[N+](C)(C)CCCCCCCCCCCC)(OCC(CO)(CO)NC(=O)CCCCCCCCCCCCC)OCC(CO)(CO)NC(=O)CCCCCCCCCCCCC. The van der Waals surface area contributed by atoms with Gasteiger partial charge in [-0.25, -0.2) is 0 Å². The quantitative estimate of drug-likeness (QED) is 0.0157. The number of nitrogens with zero attached hydrogens (tertiary/aromatic N) is 1.